The molecule has 1 saturated heterocycles. The molecule has 33 heavy (non-hydrogen) atoms. The summed E-state index contributed by atoms with van der Waals surface area (Å²) in [5, 5.41) is 2.69. The molecule has 10 heteroatoms. The van der Waals surface area contributed by atoms with Gasteiger partial charge in [0.05, 0.1) is 36.8 Å². The van der Waals surface area contributed by atoms with Crippen molar-refractivity contribution in [3.05, 3.63) is 60.2 Å². The quantitative estimate of drug-likeness (QED) is 0.529. The van der Waals surface area contributed by atoms with Gasteiger partial charge in [0.25, 0.3) is 0 Å². The predicted molar refractivity (Wildman–Crippen MR) is 123 cm³/mol. The molecule has 1 aliphatic heterocycles. The molecular weight excluding hydrogens is 447 g/mol. The normalized spacial score (nSPS) is 16.2. The van der Waals surface area contributed by atoms with Crippen LogP contribution in [0.15, 0.2) is 48.3 Å². The Balaban J connectivity index is 1.94. The fraction of sp³-hybridized carbons (Fsp3) is 0.478. The molecule has 1 aliphatic rings. The van der Waals surface area contributed by atoms with Crippen LogP contribution in [0.5, 0.6) is 0 Å². The van der Waals surface area contributed by atoms with Crippen LogP contribution in [0.4, 0.5) is 9.18 Å². The summed E-state index contributed by atoms with van der Waals surface area (Å²) in [5.74, 6) is -1.09. The first-order valence-electron chi connectivity index (χ1n) is 11.0. The number of aromatic nitrogens is 2. The number of hydrogen-bond donors (Lipinski definition) is 1. The molecule has 2 aromatic rings. The van der Waals surface area contributed by atoms with E-state index in [-0.39, 0.29) is 48.5 Å². The summed E-state index contributed by atoms with van der Waals surface area (Å²) in [6, 6.07) is 5.44. The second kappa shape index (κ2) is 10.9. The molecule has 2 heterocycles. The van der Waals surface area contributed by atoms with E-state index < -0.39 is 21.4 Å². The maximum absolute atomic E-state index is 14.1. The zero-order chi connectivity index (χ0) is 24.0. The Hall–Kier alpha value is -2.72. The summed E-state index contributed by atoms with van der Waals surface area (Å²) >= 11 is 0. The van der Waals surface area contributed by atoms with E-state index in [4.69, 9.17) is 4.74 Å². The van der Waals surface area contributed by atoms with Gasteiger partial charge >= 0.3 is 6.03 Å². The van der Waals surface area contributed by atoms with Gasteiger partial charge in [-0.2, -0.15) is 0 Å². The van der Waals surface area contributed by atoms with Gasteiger partial charge in [0.1, 0.15) is 5.82 Å². The number of ether oxygens (including phenoxy) is 1. The lowest BCUT2D eigenvalue weighted by molar-refractivity contribution is 0.0935. The molecule has 0 spiro atoms. The number of carbonyl (C=O) groups is 1. The van der Waals surface area contributed by atoms with Crippen molar-refractivity contribution in [3.8, 4) is 0 Å². The van der Waals surface area contributed by atoms with Crippen molar-refractivity contribution < 1.29 is 22.3 Å². The number of hydrogen-bond acceptors (Lipinski definition) is 5. The monoisotopic (exact) mass is 478 g/mol. The van der Waals surface area contributed by atoms with Gasteiger partial charge in [-0.15, -0.1) is 6.58 Å². The van der Waals surface area contributed by atoms with Gasteiger partial charge in [-0.05, 0) is 32.8 Å². The van der Waals surface area contributed by atoms with Crippen LogP contribution in [0.2, 0.25) is 0 Å². The fourth-order valence-corrected chi connectivity index (χ4v) is 5.26. The van der Waals surface area contributed by atoms with E-state index in [9.17, 15) is 17.6 Å². The Labute approximate surface area is 194 Å². The van der Waals surface area contributed by atoms with Crippen LogP contribution < -0.4 is 5.32 Å². The average Bonchev–Trinajstić information content (AvgIpc) is 3.40. The van der Waals surface area contributed by atoms with Crippen LogP contribution in [0.1, 0.15) is 37.9 Å². The van der Waals surface area contributed by atoms with E-state index in [1.807, 2.05) is 13.8 Å². The van der Waals surface area contributed by atoms with E-state index in [2.05, 4.69) is 16.9 Å². The Morgan fingerprint density at radius 1 is 1.42 bits per heavy atom. The van der Waals surface area contributed by atoms with Crippen molar-refractivity contribution in [2.75, 3.05) is 13.2 Å². The van der Waals surface area contributed by atoms with Crippen LogP contribution in [0.3, 0.4) is 0 Å². The van der Waals surface area contributed by atoms with Gasteiger partial charge in [0, 0.05) is 24.8 Å². The minimum absolute atomic E-state index is 0.0571. The van der Waals surface area contributed by atoms with E-state index in [0.717, 1.165) is 12.8 Å². The van der Waals surface area contributed by atoms with Crippen molar-refractivity contribution >= 4 is 15.9 Å². The van der Waals surface area contributed by atoms with Gasteiger partial charge in [-0.25, -0.2) is 22.6 Å². The molecule has 1 N–H and O–H groups in total. The standard InChI is InChI=1S/C23H31FN4O4S/c1-4-11-27(22(29)26-17(2)3)14-19-13-25-23(28(19)15-20-9-7-12-32-20)33(30,31)16-18-8-5-6-10-21(18)24/h4-6,8,10,13,17,20H,1,7,9,11-12,14-16H2,2-3H3,(H,26,29)/t20-/m0/s1. The molecule has 1 fully saturated rings. The topological polar surface area (TPSA) is 93.5 Å². The summed E-state index contributed by atoms with van der Waals surface area (Å²) in [4.78, 5) is 18.4. The maximum Gasteiger partial charge on any atom is 0.318 e. The molecule has 0 bridgehead atoms. The lowest BCUT2D eigenvalue weighted by Gasteiger charge is -2.24. The number of halogens is 1. The highest BCUT2D eigenvalue weighted by molar-refractivity contribution is 7.90. The molecule has 8 nitrogen and oxygen atoms in total. The molecule has 180 valence electrons. The van der Waals surface area contributed by atoms with Crippen LogP contribution in [-0.2, 0) is 33.4 Å². The minimum atomic E-state index is -3.96. The maximum atomic E-state index is 14.1. The van der Waals surface area contributed by atoms with Crippen LogP contribution in [0, 0.1) is 5.82 Å². The second-order valence-electron chi connectivity index (χ2n) is 8.40. The lowest BCUT2D eigenvalue weighted by atomic mass is 10.2. The van der Waals surface area contributed by atoms with E-state index >= 15 is 0 Å². The fourth-order valence-electron chi connectivity index (χ4n) is 3.75. The highest BCUT2D eigenvalue weighted by atomic mass is 32.2. The number of amides is 2. The SMILES string of the molecule is C=CCN(Cc1cnc(S(=O)(=O)Cc2ccccc2F)n1C[C@@H]1CCCO1)C(=O)NC(C)C. The first-order valence-corrected chi connectivity index (χ1v) is 12.6. The Bertz CT molecular complexity index is 1080. The first-order chi connectivity index (χ1) is 15.7. The highest BCUT2D eigenvalue weighted by Crippen LogP contribution is 2.23. The highest BCUT2D eigenvalue weighted by Gasteiger charge is 2.29. The van der Waals surface area contributed by atoms with Gasteiger partial charge in [-0.1, -0.05) is 24.3 Å². The second-order valence-corrected chi connectivity index (χ2v) is 10.3. The molecule has 0 unspecified atom stereocenters. The number of benzene rings is 1. The minimum Gasteiger partial charge on any atom is -0.376 e. The summed E-state index contributed by atoms with van der Waals surface area (Å²) in [5.41, 5.74) is 0.633. The molecule has 0 saturated carbocycles. The Morgan fingerprint density at radius 3 is 2.82 bits per heavy atom. The number of nitrogens with zero attached hydrogens (tertiary/aromatic N) is 3. The van der Waals surface area contributed by atoms with Gasteiger partial charge in [0.2, 0.25) is 15.0 Å². The van der Waals surface area contributed by atoms with E-state index in [1.165, 1.54) is 29.3 Å². The molecule has 2 amide bonds. The number of carbonyl (C=O) groups excluding carboxylic acids is 1. The van der Waals surface area contributed by atoms with Crippen molar-refractivity contribution in [2.45, 2.75) is 62.8 Å². The number of sulfone groups is 1. The summed E-state index contributed by atoms with van der Waals surface area (Å²) in [6.07, 6.45) is 4.61. The van der Waals surface area contributed by atoms with E-state index in [0.29, 0.717) is 12.3 Å². The van der Waals surface area contributed by atoms with Crippen LogP contribution in [-0.4, -0.2) is 54.2 Å². The van der Waals surface area contributed by atoms with E-state index in [1.54, 1.807) is 16.7 Å². The smallest absolute Gasteiger partial charge is 0.318 e. The predicted octanol–water partition coefficient (Wildman–Crippen LogP) is 3.28. The zero-order valence-corrected chi connectivity index (χ0v) is 19.9. The number of rotatable bonds is 10. The number of imidazole rings is 1. The molecule has 3 rings (SSSR count). The van der Waals surface area contributed by atoms with Crippen molar-refractivity contribution in [1.29, 1.82) is 0 Å². The molecule has 1 aromatic heterocycles. The molecule has 0 radical (unpaired) electrons. The molecule has 1 atom stereocenters. The summed E-state index contributed by atoms with van der Waals surface area (Å²) in [7, 11) is -3.96. The van der Waals surface area contributed by atoms with Crippen LogP contribution in [0.25, 0.3) is 0 Å². The third kappa shape index (κ3) is 6.42. The third-order valence-electron chi connectivity index (χ3n) is 5.30. The summed E-state index contributed by atoms with van der Waals surface area (Å²) in [6.45, 7) is 8.75. The van der Waals surface area contributed by atoms with Crippen LogP contribution >= 0.6 is 0 Å². The average molecular weight is 479 g/mol. The van der Waals surface area contributed by atoms with Gasteiger partial charge < -0.3 is 19.5 Å². The molecule has 1 aromatic carbocycles. The van der Waals surface area contributed by atoms with Crippen molar-refractivity contribution in [3.63, 3.8) is 0 Å². The first kappa shape index (κ1) is 24.9. The Kier molecular flexibility index (Phi) is 8.25. The largest absolute Gasteiger partial charge is 0.376 e. The molecular formula is C23H31FN4O4S. The zero-order valence-electron chi connectivity index (χ0n) is 19.0. The van der Waals surface area contributed by atoms with Gasteiger partial charge in [-0.3, -0.25) is 0 Å². The number of urea groups is 1. The van der Waals surface area contributed by atoms with Crippen molar-refractivity contribution in [1.82, 2.24) is 19.8 Å². The summed E-state index contributed by atoms with van der Waals surface area (Å²) < 4.78 is 48.0. The third-order valence-corrected chi connectivity index (χ3v) is 6.87. The molecule has 0 aliphatic carbocycles. The van der Waals surface area contributed by atoms with Crippen molar-refractivity contribution in [2.24, 2.45) is 0 Å². The van der Waals surface area contributed by atoms with Gasteiger partial charge in [0.15, 0.2) is 0 Å². The Morgan fingerprint density at radius 2 is 2.18 bits per heavy atom. The lowest BCUT2D eigenvalue weighted by Crippen LogP contribution is -2.43. The number of nitrogens with one attached hydrogen (secondary N) is 1.